The van der Waals surface area contributed by atoms with E-state index in [0.717, 1.165) is 28.2 Å². The molecule has 0 bridgehead atoms. The number of aromatic nitrogens is 2. The molecule has 1 aromatic carbocycles. The second-order valence-corrected chi connectivity index (χ2v) is 5.72. The van der Waals surface area contributed by atoms with E-state index in [4.69, 9.17) is 10.5 Å². The highest BCUT2D eigenvalue weighted by Gasteiger charge is 2.19. The normalized spacial score (nSPS) is 12.3. The molecular formula is C19H21N3O2. The molecule has 0 saturated carbocycles. The van der Waals surface area contributed by atoms with Crippen molar-refractivity contribution in [2.75, 3.05) is 6.61 Å². The number of esters is 1. The first kappa shape index (κ1) is 16.2. The maximum absolute atomic E-state index is 11.8. The fourth-order valence-electron chi connectivity index (χ4n) is 2.80. The van der Waals surface area contributed by atoms with Gasteiger partial charge in [0, 0.05) is 18.3 Å². The second-order valence-electron chi connectivity index (χ2n) is 5.72. The van der Waals surface area contributed by atoms with Crippen LogP contribution in [0.2, 0.25) is 0 Å². The average molecular weight is 323 g/mol. The molecule has 1 unspecified atom stereocenters. The maximum Gasteiger partial charge on any atom is 0.323 e. The van der Waals surface area contributed by atoms with E-state index in [1.54, 1.807) is 6.92 Å². The van der Waals surface area contributed by atoms with Crippen molar-refractivity contribution >= 4 is 11.6 Å². The zero-order valence-corrected chi connectivity index (χ0v) is 13.9. The third-order valence-corrected chi connectivity index (χ3v) is 4.03. The zero-order valence-electron chi connectivity index (χ0n) is 13.9. The summed E-state index contributed by atoms with van der Waals surface area (Å²) in [5.74, 6) is -0.383. The molecule has 24 heavy (non-hydrogen) atoms. The first-order valence-corrected chi connectivity index (χ1v) is 8.05. The number of aryl methyl sites for hydroxylation is 1. The van der Waals surface area contributed by atoms with Gasteiger partial charge in [-0.15, -0.1) is 0 Å². The SMILES string of the molecule is CCOC(=O)C(N)Cc1c(C)nc2ccc(-c3ccccc3)cn12. The van der Waals surface area contributed by atoms with Gasteiger partial charge in [-0.3, -0.25) is 4.79 Å². The average Bonchev–Trinajstić information content (AvgIpc) is 2.91. The molecule has 0 aliphatic carbocycles. The Hall–Kier alpha value is -2.66. The Kier molecular flexibility index (Phi) is 4.62. The Morgan fingerprint density at radius 2 is 1.96 bits per heavy atom. The molecule has 0 saturated heterocycles. The number of nitrogens with zero attached hydrogens (tertiary/aromatic N) is 2. The summed E-state index contributed by atoms with van der Waals surface area (Å²) in [7, 11) is 0. The fourth-order valence-corrected chi connectivity index (χ4v) is 2.80. The van der Waals surface area contributed by atoms with Gasteiger partial charge in [0.05, 0.1) is 12.3 Å². The number of hydrogen-bond acceptors (Lipinski definition) is 4. The minimum absolute atomic E-state index is 0.330. The summed E-state index contributed by atoms with van der Waals surface area (Å²) in [5.41, 5.74) is 10.9. The Morgan fingerprint density at radius 3 is 2.67 bits per heavy atom. The summed E-state index contributed by atoms with van der Waals surface area (Å²) in [6.45, 7) is 4.04. The quantitative estimate of drug-likeness (QED) is 0.733. The number of benzene rings is 1. The second kappa shape index (κ2) is 6.84. The molecule has 3 rings (SSSR count). The van der Waals surface area contributed by atoms with Crippen LogP contribution >= 0.6 is 0 Å². The predicted octanol–water partition coefficient (Wildman–Crippen LogP) is 2.74. The molecule has 2 aromatic heterocycles. The highest BCUT2D eigenvalue weighted by Crippen LogP contribution is 2.22. The Bertz CT molecular complexity index is 856. The number of nitrogens with two attached hydrogens (primary N) is 1. The number of fused-ring (bicyclic) bond motifs is 1. The van der Waals surface area contributed by atoms with Crippen molar-refractivity contribution in [1.82, 2.24) is 9.38 Å². The molecule has 1 atom stereocenters. The summed E-state index contributed by atoms with van der Waals surface area (Å²) in [5, 5.41) is 0. The van der Waals surface area contributed by atoms with Crippen LogP contribution < -0.4 is 5.73 Å². The van der Waals surface area contributed by atoms with Gasteiger partial charge in [0.2, 0.25) is 0 Å². The van der Waals surface area contributed by atoms with Gasteiger partial charge in [0.15, 0.2) is 0 Å². The first-order valence-electron chi connectivity index (χ1n) is 8.05. The molecule has 3 aromatic rings. The van der Waals surface area contributed by atoms with E-state index in [-0.39, 0.29) is 5.97 Å². The van der Waals surface area contributed by atoms with Crippen LogP contribution in [-0.4, -0.2) is 28.0 Å². The van der Waals surface area contributed by atoms with Crippen LogP contribution in [0.1, 0.15) is 18.3 Å². The largest absolute Gasteiger partial charge is 0.465 e. The van der Waals surface area contributed by atoms with Crippen molar-refractivity contribution in [3.8, 4) is 11.1 Å². The van der Waals surface area contributed by atoms with Crippen LogP contribution in [0.3, 0.4) is 0 Å². The van der Waals surface area contributed by atoms with E-state index in [2.05, 4.69) is 17.1 Å². The number of ether oxygens (including phenoxy) is 1. The summed E-state index contributed by atoms with van der Waals surface area (Å²) >= 11 is 0. The van der Waals surface area contributed by atoms with Crippen molar-refractivity contribution in [3.63, 3.8) is 0 Å². The van der Waals surface area contributed by atoms with Gasteiger partial charge >= 0.3 is 5.97 Å². The molecule has 0 radical (unpaired) electrons. The number of imidazole rings is 1. The van der Waals surface area contributed by atoms with Gasteiger partial charge in [0.25, 0.3) is 0 Å². The molecule has 2 N–H and O–H groups in total. The van der Waals surface area contributed by atoms with E-state index in [1.807, 2.05) is 47.9 Å². The minimum Gasteiger partial charge on any atom is -0.465 e. The number of pyridine rings is 1. The van der Waals surface area contributed by atoms with Crippen LogP contribution in [0.5, 0.6) is 0 Å². The van der Waals surface area contributed by atoms with Crippen molar-refractivity contribution in [2.24, 2.45) is 5.73 Å². The third-order valence-electron chi connectivity index (χ3n) is 4.03. The van der Waals surface area contributed by atoms with Crippen LogP contribution in [0.4, 0.5) is 0 Å². The molecule has 0 fully saturated rings. The fraction of sp³-hybridized carbons (Fsp3) is 0.263. The lowest BCUT2D eigenvalue weighted by molar-refractivity contribution is -0.144. The van der Waals surface area contributed by atoms with Crippen LogP contribution in [-0.2, 0) is 16.0 Å². The first-order chi connectivity index (χ1) is 11.6. The molecule has 0 aliphatic heterocycles. The van der Waals surface area contributed by atoms with Crippen LogP contribution in [0, 0.1) is 6.92 Å². The molecule has 0 aliphatic rings. The third kappa shape index (κ3) is 3.16. The van der Waals surface area contributed by atoms with Crippen LogP contribution in [0.15, 0.2) is 48.7 Å². The molecule has 124 valence electrons. The van der Waals surface area contributed by atoms with Crippen molar-refractivity contribution in [3.05, 3.63) is 60.0 Å². The van der Waals surface area contributed by atoms with Gasteiger partial charge < -0.3 is 14.9 Å². The molecule has 5 nitrogen and oxygen atoms in total. The lowest BCUT2D eigenvalue weighted by atomic mass is 10.1. The van der Waals surface area contributed by atoms with Gasteiger partial charge in [-0.2, -0.15) is 0 Å². The summed E-state index contributed by atoms with van der Waals surface area (Å²) < 4.78 is 7.01. The number of rotatable bonds is 5. The van der Waals surface area contributed by atoms with E-state index in [9.17, 15) is 4.79 Å². The lowest BCUT2D eigenvalue weighted by Crippen LogP contribution is -2.35. The van der Waals surface area contributed by atoms with Crippen molar-refractivity contribution < 1.29 is 9.53 Å². The smallest absolute Gasteiger partial charge is 0.323 e. The van der Waals surface area contributed by atoms with Crippen molar-refractivity contribution in [1.29, 1.82) is 0 Å². The molecular weight excluding hydrogens is 302 g/mol. The zero-order chi connectivity index (χ0) is 17.1. The summed E-state index contributed by atoms with van der Waals surface area (Å²) in [6.07, 6.45) is 2.43. The van der Waals surface area contributed by atoms with Crippen molar-refractivity contribution in [2.45, 2.75) is 26.3 Å². The maximum atomic E-state index is 11.8. The molecule has 0 amide bonds. The van der Waals surface area contributed by atoms with E-state index >= 15 is 0 Å². The van der Waals surface area contributed by atoms with Gasteiger partial charge in [-0.1, -0.05) is 30.3 Å². The standard InChI is InChI=1S/C19H21N3O2/c1-3-24-19(23)16(20)11-17-13(2)21-18-10-9-15(12-22(17)18)14-7-5-4-6-8-14/h4-10,12,16H,3,11,20H2,1-2H3. The monoisotopic (exact) mass is 323 g/mol. The Labute approximate surface area is 141 Å². The Balaban J connectivity index is 1.98. The van der Waals surface area contributed by atoms with E-state index < -0.39 is 6.04 Å². The molecule has 0 spiro atoms. The van der Waals surface area contributed by atoms with E-state index in [0.29, 0.717) is 13.0 Å². The highest BCUT2D eigenvalue weighted by atomic mass is 16.5. The van der Waals surface area contributed by atoms with Gasteiger partial charge in [-0.05, 0) is 37.1 Å². The van der Waals surface area contributed by atoms with E-state index in [1.165, 1.54) is 0 Å². The Morgan fingerprint density at radius 1 is 1.21 bits per heavy atom. The summed E-state index contributed by atoms with van der Waals surface area (Å²) in [4.78, 5) is 16.4. The number of carbonyl (C=O) groups excluding carboxylic acids is 1. The number of carbonyl (C=O) groups is 1. The predicted molar refractivity (Wildman–Crippen MR) is 93.7 cm³/mol. The summed E-state index contributed by atoms with van der Waals surface area (Å²) in [6, 6.07) is 13.5. The van der Waals surface area contributed by atoms with Gasteiger partial charge in [-0.25, -0.2) is 4.98 Å². The molecule has 5 heteroatoms. The van der Waals surface area contributed by atoms with Gasteiger partial charge in [0.1, 0.15) is 11.7 Å². The number of hydrogen-bond donors (Lipinski definition) is 1. The molecule has 2 heterocycles. The lowest BCUT2D eigenvalue weighted by Gasteiger charge is -2.11. The minimum atomic E-state index is -0.691. The topological polar surface area (TPSA) is 69.6 Å². The van der Waals surface area contributed by atoms with Crippen LogP contribution in [0.25, 0.3) is 16.8 Å². The highest BCUT2D eigenvalue weighted by molar-refractivity contribution is 5.76.